The van der Waals surface area contributed by atoms with E-state index in [1.54, 1.807) is 0 Å². The van der Waals surface area contributed by atoms with Gasteiger partial charge in [-0.15, -0.1) is 0 Å². The predicted molar refractivity (Wildman–Crippen MR) is 67.3 cm³/mol. The minimum absolute atomic E-state index is 0.0536. The fourth-order valence-corrected chi connectivity index (χ4v) is 2.11. The highest BCUT2D eigenvalue weighted by Crippen LogP contribution is 2.36. The Labute approximate surface area is 124 Å². The van der Waals surface area contributed by atoms with Crippen LogP contribution in [-0.2, 0) is 22.1 Å². The van der Waals surface area contributed by atoms with Gasteiger partial charge in [0.2, 0.25) is 0 Å². The van der Waals surface area contributed by atoms with E-state index in [1.807, 2.05) is 0 Å². The highest BCUT2D eigenvalue weighted by atomic mass is 127. The molecule has 0 spiro atoms. The van der Waals surface area contributed by atoms with Gasteiger partial charge in [-0.3, -0.25) is 4.79 Å². The molecule has 1 heterocycles. The number of carbonyl (C=O) groups excluding carboxylic acids is 1. The number of pyridine rings is 1. The summed E-state index contributed by atoms with van der Waals surface area (Å²) in [5, 5.41) is 0. The van der Waals surface area contributed by atoms with Crippen LogP contribution in [0.5, 0.6) is 0 Å². The lowest BCUT2D eigenvalue weighted by molar-refractivity contribution is -0.144. The third-order valence-electron chi connectivity index (χ3n) is 2.26. The fraction of sp³-hybridized carbons (Fsp3) is 0.455. The van der Waals surface area contributed by atoms with Crippen LogP contribution in [0.3, 0.4) is 0 Å². The number of alkyl halides is 5. The summed E-state index contributed by atoms with van der Waals surface area (Å²) in [7, 11) is 0. The average molecular weight is 409 g/mol. The van der Waals surface area contributed by atoms with Crippen LogP contribution in [0.2, 0.25) is 0 Å². The van der Waals surface area contributed by atoms with Gasteiger partial charge < -0.3 is 4.74 Å². The zero-order valence-electron chi connectivity index (χ0n) is 10.1. The van der Waals surface area contributed by atoms with E-state index < -0.39 is 41.8 Å². The maximum absolute atomic E-state index is 12.9. The van der Waals surface area contributed by atoms with Crippen LogP contribution in [0.25, 0.3) is 0 Å². The molecule has 1 rings (SSSR count). The molecule has 0 aliphatic heterocycles. The zero-order chi connectivity index (χ0) is 15.5. The molecule has 1 aromatic heterocycles. The first-order chi connectivity index (χ1) is 9.16. The van der Waals surface area contributed by atoms with Gasteiger partial charge in [-0.25, -0.2) is 13.8 Å². The van der Waals surface area contributed by atoms with Crippen molar-refractivity contribution >= 4 is 28.6 Å². The third kappa shape index (κ3) is 4.25. The molecule has 0 saturated carbocycles. The van der Waals surface area contributed by atoms with Crippen LogP contribution in [-0.4, -0.2) is 17.6 Å². The second kappa shape index (κ2) is 6.64. The monoisotopic (exact) mass is 409 g/mol. The Bertz CT molecular complexity index is 504. The molecule has 0 radical (unpaired) electrons. The van der Waals surface area contributed by atoms with E-state index in [4.69, 9.17) is 0 Å². The van der Waals surface area contributed by atoms with Gasteiger partial charge in [-0.1, -0.05) is 0 Å². The summed E-state index contributed by atoms with van der Waals surface area (Å²) < 4.78 is 68.5. The van der Waals surface area contributed by atoms with Gasteiger partial charge in [0, 0.05) is 11.1 Å². The van der Waals surface area contributed by atoms with Gasteiger partial charge in [-0.05, 0) is 35.6 Å². The first kappa shape index (κ1) is 17.1. The van der Waals surface area contributed by atoms with Crippen molar-refractivity contribution in [2.45, 2.75) is 25.9 Å². The van der Waals surface area contributed by atoms with Crippen molar-refractivity contribution in [1.29, 1.82) is 0 Å². The smallest absolute Gasteiger partial charge is 0.433 e. The van der Waals surface area contributed by atoms with Crippen LogP contribution >= 0.6 is 22.6 Å². The molecule has 0 unspecified atom stereocenters. The van der Waals surface area contributed by atoms with E-state index in [9.17, 15) is 26.7 Å². The van der Waals surface area contributed by atoms with Crippen molar-refractivity contribution in [1.82, 2.24) is 4.98 Å². The molecule has 0 amide bonds. The average Bonchev–Trinajstić information content (AvgIpc) is 2.29. The molecular formula is C11H9F5INO2. The summed E-state index contributed by atoms with van der Waals surface area (Å²) >= 11 is 1.41. The van der Waals surface area contributed by atoms with Crippen molar-refractivity contribution < 1.29 is 31.5 Å². The maximum Gasteiger partial charge on any atom is 0.433 e. The number of rotatable bonds is 4. The number of hydrogen-bond donors (Lipinski definition) is 0. The third-order valence-corrected chi connectivity index (χ3v) is 2.81. The Morgan fingerprint density at radius 2 is 2.05 bits per heavy atom. The fourth-order valence-electron chi connectivity index (χ4n) is 1.53. The number of ether oxygens (including phenoxy) is 1. The van der Waals surface area contributed by atoms with Gasteiger partial charge in [0.1, 0.15) is 9.39 Å². The van der Waals surface area contributed by atoms with E-state index in [1.165, 1.54) is 29.5 Å². The summed E-state index contributed by atoms with van der Waals surface area (Å²) in [5.74, 6) is -1.01. The number of halogens is 6. The van der Waals surface area contributed by atoms with Crippen molar-refractivity contribution in [2.24, 2.45) is 0 Å². The lowest BCUT2D eigenvalue weighted by Gasteiger charge is -2.16. The number of nitrogens with zero attached hydrogens (tertiary/aromatic N) is 1. The second-order valence-corrected chi connectivity index (χ2v) is 4.75. The number of hydrogen-bond acceptors (Lipinski definition) is 3. The molecule has 0 atom stereocenters. The number of esters is 1. The number of aromatic nitrogens is 1. The summed E-state index contributed by atoms with van der Waals surface area (Å²) in [6.07, 6.45) is -8.96. The van der Waals surface area contributed by atoms with Gasteiger partial charge >= 0.3 is 12.1 Å². The van der Waals surface area contributed by atoms with E-state index >= 15 is 0 Å². The molecule has 0 N–H and O–H groups in total. The van der Waals surface area contributed by atoms with Crippen LogP contribution in [0.4, 0.5) is 22.0 Å². The Kier molecular flexibility index (Phi) is 5.66. The highest BCUT2D eigenvalue weighted by Gasteiger charge is 2.38. The van der Waals surface area contributed by atoms with E-state index in [2.05, 4.69) is 9.72 Å². The molecule has 9 heteroatoms. The summed E-state index contributed by atoms with van der Waals surface area (Å²) in [5.41, 5.74) is -3.18. The molecule has 3 nitrogen and oxygen atoms in total. The summed E-state index contributed by atoms with van der Waals surface area (Å²) in [6, 6.07) is 0.828. The van der Waals surface area contributed by atoms with Crippen LogP contribution < -0.4 is 0 Å². The van der Waals surface area contributed by atoms with Crippen molar-refractivity contribution in [3.05, 3.63) is 26.6 Å². The zero-order valence-corrected chi connectivity index (χ0v) is 12.3. The molecule has 20 heavy (non-hydrogen) atoms. The topological polar surface area (TPSA) is 39.2 Å². The molecule has 0 fully saturated rings. The molecular weight excluding hydrogens is 400 g/mol. The molecule has 0 bridgehead atoms. The Morgan fingerprint density at radius 1 is 1.45 bits per heavy atom. The first-order valence-electron chi connectivity index (χ1n) is 5.37. The Hall–Kier alpha value is -1.00. The predicted octanol–water partition coefficient (Wildman–Crippen LogP) is 3.75. The highest BCUT2D eigenvalue weighted by molar-refractivity contribution is 14.1. The van der Waals surface area contributed by atoms with Crippen molar-refractivity contribution in [2.75, 3.05) is 6.61 Å². The number of carbonyl (C=O) groups is 1. The van der Waals surface area contributed by atoms with Gasteiger partial charge in [0.25, 0.3) is 6.43 Å². The molecule has 0 aliphatic rings. The lowest BCUT2D eigenvalue weighted by atomic mass is 10.0. The maximum atomic E-state index is 12.9. The van der Waals surface area contributed by atoms with Gasteiger partial charge in [-0.2, -0.15) is 13.2 Å². The van der Waals surface area contributed by atoms with Crippen molar-refractivity contribution in [3.8, 4) is 0 Å². The summed E-state index contributed by atoms with van der Waals surface area (Å²) in [6.45, 7) is 1.41. The first-order valence-corrected chi connectivity index (χ1v) is 6.45. The molecule has 112 valence electrons. The Balaban J connectivity index is 3.38. The quantitative estimate of drug-likeness (QED) is 0.329. The molecule has 0 saturated heterocycles. The standard InChI is InChI=1S/C11H9F5INO2/c1-2-20-8(19)4-5-6(10(12)13)3-7(17)18-9(5)11(14,15)16/h3,10H,2,4H2,1H3. The Morgan fingerprint density at radius 3 is 2.50 bits per heavy atom. The van der Waals surface area contributed by atoms with Crippen molar-refractivity contribution in [3.63, 3.8) is 0 Å². The SMILES string of the molecule is CCOC(=O)Cc1c(C(F)F)cc(I)nc1C(F)(F)F. The van der Waals surface area contributed by atoms with Crippen LogP contribution in [0, 0.1) is 3.70 Å². The van der Waals surface area contributed by atoms with E-state index in [-0.39, 0.29) is 10.3 Å². The molecule has 0 aliphatic carbocycles. The minimum atomic E-state index is -4.92. The lowest BCUT2D eigenvalue weighted by Crippen LogP contribution is -2.19. The van der Waals surface area contributed by atoms with E-state index in [0.717, 1.165) is 6.07 Å². The van der Waals surface area contributed by atoms with Gasteiger partial charge in [0.15, 0.2) is 0 Å². The van der Waals surface area contributed by atoms with Gasteiger partial charge in [0.05, 0.1) is 13.0 Å². The van der Waals surface area contributed by atoms with Crippen LogP contribution in [0.1, 0.15) is 30.2 Å². The molecule has 1 aromatic rings. The molecule has 0 aromatic carbocycles. The minimum Gasteiger partial charge on any atom is -0.466 e. The second-order valence-electron chi connectivity index (χ2n) is 3.64. The van der Waals surface area contributed by atoms with E-state index in [0.29, 0.717) is 0 Å². The van der Waals surface area contributed by atoms with Crippen LogP contribution in [0.15, 0.2) is 6.07 Å². The normalized spacial score (nSPS) is 11.8. The largest absolute Gasteiger partial charge is 0.466 e. The summed E-state index contributed by atoms with van der Waals surface area (Å²) in [4.78, 5) is 14.5.